The molecule has 0 saturated heterocycles. The molecule has 2 aromatic carbocycles. The molecule has 9 heteroatoms. The number of anilines is 1. The molecule has 8 nitrogen and oxygen atoms in total. The Labute approximate surface area is 166 Å². The standard InChI is InChI=1S/C19H19N5O3S/c1-3-27-17-11-7-6-10-16(17)24-19(21-22-23-24)28-12-18(26)20-15-9-5-4-8-14(15)13(2)25/h4-11H,3,12H2,1-2H3,(H,20,26). The number of carbonyl (C=O) groups excluding carboxylic acids is 2. The van der Waals surface area contributed by atoms with Gasteiger partial charge < -0.3 is 10.1 Å². The van der Waals surface area contributed by atoms with E-state index in [0.717, 1.165) is 0 Å². The molecule has 1 aromatic heterocycles. The maximum Gasteiger partial charge on any atom is 0.234 e. The second-order valence-electron chi connectivity index (χ2n) is 5.71. The van der Waals surface area contributed by atoms with Gasteiger partial charge in [-0.05, 0) is 48.5 Å². The van der Waals surface area contributed by atoms with E-state index >= 15 is 0 Å². The Hall–Kier alpha value is -3.20. The molecule has 1 heterocycles. The predicted molar refractivity (Wildman–Crippen MR) is 106 cm³/mol. The third-order valence-corrected chi connectivity index (χ3v) is 4.67. The van der Waals surface area contributed by atoms with Crippen LogP contribution in [0.25, 0.3) is 5.69 Å². The minimum absolute atomic E-state index is 0.0867. The third-order valence-electron chi connectivity index (χ3n) is 3.75. The zero-order valence-corrected chi connectivity index (χ0v) is 16.3. The summed E-state index contributed by atoms with van der Waals surface area (Å²) in [7, 11) is 0. The molecule has 3 aromatic rings. The van der Waals surface area contributed by atoms with E-state index in [1.807, 2.05) is 31.2 Å². The van der Waals surface area contributed by atoms with Gasteiger partial charge in [-0.15, -0.1) is 5.10 Å². The van der Waals surface area contributed by atoms with Crippen LogP contribution in [-0.4, -0.2) is 44.3 Å². The van der Waals surface area contributed by atoms with Gasteiger partial charge in [0.25, 0.3) is 0 Å². The molecule has 144 valence electrons. The summed E-state index contributed by atoms with van der Waals surface area (Å²) in [5.41, 5.74) is 1.65. The highest BCUT2D eigenvalue weighted by atomic mass is 32.2. The van der Waals surface area contributed by atoms with Crippen molar-refractivity contribution in [3.8, 4) is 11.4 Å². The Bertz CT molecular complexity index is 989. The first kappa shape index (κ1) is 19.6. The summed E-state index contributed by atoms with van der Waals surface area (Å²) < 4.78 is 7.15. The molecule has 0 aliphatic heterocycles. The second-order valence-corrected chi connectivity index (χ2v) is 6.66. The van der Waals surface area contributed by atoms with E-state index in [2.05, 4.69) is 20.8 Å². The van der Waals surface area contributed by atoms with E-state index in [4.69, 9.17) is 4.74 Å². The van der Waals surface area contributed by atoms with Crippen LogP contribution in [0.5, 0.6) is 5.75 Å². The van der Waals surface area contributed by atoms with Crippen LogP contribution in [0, 0.1) is 0 Å². The van der Waals surface area contributed by atoms with Crippen LogP contribution < -0.4 is 10.1 Å². The zero-order chi connectivity index (χ0) is 19.9. The topological polar surface area (TPSA) is 99.0 Å². The highest BCUT2D eigenvalue weighted by Crippen LogP contribution is 2.26. The number of para-hydroxylation sites is 3. The molecule has 0 atom stereocenters. The Morgan fingerprint density at radius 1 is 1.14 bits per heavy atom. The monoisotopic (exact) mass is 397 g/mol. The average molecular weight is 397 g/mol. The van der Waals surface area contributed by atoms with Gasteiger partial charge in [0.05, 0.1) is 18.0 Å². The number of carbonyl (C=O) groups is 2. The van der Waals surface area contributed by atoms with Gasteiger partial charge in [-0.2, -0.15) is 4.68 Å². The van der Waals surface area contributed by atoms with Crippen LogP contribution in [0.4, 0.5) is 5.69 Å². The maximum absolute atomic E-state index is 12.4. The van der Waals surface area contributed by atoms with Gasteiger partial charge in [0.2, 0.25) is 11.1 Å². The summed E-state index contributed by atoms with van der Waals surface area (Å²) in [6.45, 7) is 3.87. The van der Waals surface area contributed by atoms with E-state index < -0.39 is 0 Å². The molecule has 0 bridgehead atoms. The first-order chi connectivity index (χ1) is 13.6. The summed E-state index contributed by atoms with van der Waals surface area (Å²) in [6, 6.07) is 14.3. The van der Waals surface area contributed by atoms with Gasteiger partial charge in [-0.1, -0.05) is 36.0 Å². The SMILES string of the molecule is CCOc1ccccc1-n1nnnc1SCC(=O)Nc1ccccc1C(C)=O. The van der Waals surface area contributed by atoms with E-state index in [9.17, 15) is 9.59 Å². The molecule has 28 heavy (non-hydrogen) atoms. The van der Waals surface area contributed by atoms with Crippen molar-refractivity contribution < 1.29 is 14.3 Å². The molecule has 0 saturated carbocycles. The molecule has 1 amide bonds. The Balaban J connectivity index is 1.71. The maximum atomic E-state index is 12.4. The second kappa shape index (κ2) is 9.14. The normalized spacial score (nSPS) is 10.5. The fourth-order valence-corrected chi connectivity index (χ4v) is 3.23. The quantitative estimate of drug-likeness (QED) is 0.461. The summed E-state index contributed by atoms with van der Waals surface area (Å²) in [6.07, 6.45) is 0. The molecule has 0 radical (unpaired) electrons. The summed E-state index contributed by atoms with van der Waals surface area (Å²) in [5.74, 6) is 0.369. The van der Waals surface area contributed by atoms with Crippen molar-refractivity contribution in [3.63, 3.8) is 0 Å². The number of nitrogens with one attached hydrogen (secondary N) is 1. The highest BCUT2D eigenvalue weighted by molar-refractivity contribution is 7.99. The molecule has 3 rings (SSSR count). The van der Waals surface area contributed by atoms with E-state index in [1.54, 1.807) is 24.3 Å². The minimum atomic E-state index is -0.258. The number of benzene rings is 2. The van der Waals surface area contributed by atoms with Crippen LogP contribution in [0.15, 0.2) is 53.7 Å². The molecule has 0 unspecified atom stereocenters. The van der Waals surface area contributed by atoms with E-state index in [-0.39, 0.29) is 17.4 Å². The number of Topliss-reactive ketones (excluding diaryl/α,β-unsaturated/α-hetero) is 1. The smallest absolute Gasteiger partial charge is 0.234 e. The van der Waals surface area contributed by atoms with Crippen molar-refractivity contribution in [2.45, 2.75) is 19.0 Å². The summed E-state index contributed by atoms with van der Waals surface area (Å²) in [4.78, 5) is 24.0. The van der Waals surface area contributed by atoms with Gasteiger partial charge in [-0.3, -0.25) is 9.59 Å². The van der Waals surface area contributed by atoms with Gasteiger partial charge >= 0.3 is 0 Å². The van der Waals surface area contributed by atoms with Crippen molar-refractivity contribution in [2.75, 3.05) is 17.7 Å². The van der Waals surface area contributed by atoms with E-state index in [1.165, 1.54) is 23.4 Å². The molecular formula is C19H19N5O3S. The number of ketones is 1. The number of rotatable bonds is 8. The number of aromatic nitrogens is 4. The van der Waals surface area contributed by atoms with Crippen LogP contribution >= 0.6 is 11.8 Å². The number of nitrogens with zero attached hydrogens (tertiary/aromatic N) is 4. The number of amides is 1. The third kappa shape index (κ3) is 4.55. The van der Waals surface area contributed by atoms with Gasteiger partial charge in [0.1, 0.15) is 11.4 Å². The molecule has 0 aliphatic rings. The van der Waals surface area contributed by atoms with Crippen molar-refractivity contribution in [1.82, 2.24) is 20.2 Å². The predicted octanol–water partition coefficient (Wildman–Crippen LogP) is 2.99. The molecule has 0 fully saturated rings. The zero-order valence-electron chi connectivity index (χ0n) is 15.5. The molecule has 0 aliphatic carbocycles. The lowest BCUT2D eigenvalue weighted by Crippen LogP contribution is -2.16. The van der Waals surface area contributed by atoms with E-state index in [0.29, 0.717) is 34.5 Å². The Morgan fingerprint density at radius 2 is 1.89 bits per heavy atom. The lowest BCUT2D eigenvalue weighted by atomic mass is 10.1. The summed E-state index contributed by atoms with van der Waals surface area (Å²) in [5, 5.41) is 14.9. The summed E-state index contributed by atoms with van der Waals surface area (Å²) >= 11 is 1.19. The molecule has 1 N–H and O–H groups in total. The van der Waals surface area contributed by atoms with Crippen LogP contribution in [0.2, 0.25) is 0 Å². The lowest BCUT2D eigenvalue weighted by Gasteiger charge is -2.11. The number of hydrogen-bond donors (Lipinski definition) is 1. The van der Waals surface area contributed by atoms with Gasteiger partial charge in [-0.25, -0.2) is 0 Å². The van der Waals surface area contributed by atoms with Gasteiger partial charge in [0, 0.05) is 5.56 Å². The van der Waals surface area contributed by atoms with Crippen molar-refractivity contribution >= 4 is 29.1 Å². The fourth-order valence-electron chi connectivity index (χ4n) is 2.55. The van der Waals surface area contributed by atoms with Crippen molar-refractivity contribution in [3.05, 3.63) is 54.1 Å². The highest BCUT2D eigenvalue weighted by Gasteiger charge is 2.16. The molecular weight excluding hydrogens is 378 g/mol. The Kier molecular flexibility index (Phi) is 6.38. The lowest BCUT2D eigenvalue weighted by molar-refractivity contribution is -0.113. The van der Waals surface area contributed by atoms with Crippen molar-refractivity contribution in [1.29, 1.82) is 0 Å². The fraction of sp³-hybridized carbons (Fsp3) is 0.211. The van der Waals surface area contributed by atoms with Crippen LogP contribution in [0.1, 0.15) is 24.2 Å². The number of ether oxygens (including phenoxy) is 1. The largest absolute Gasteiger partial charge is 0.492 e. The van der Waals surface area contributed by atoms with Crippen LogP contribution in [0.3, 0.4) is 0 Å². The molecule has 0 spiro atoms. The van der Waals surface area contributed by atoms with Crippen LogP contribution in [-0.2, 0) is 4.79 Å². The average Bonchev–Trinajstić information content (AvgIpc) is 3.16. The number of thioether (sulfide) groups is 1. The first-order valence-electron chi connectivity index (χ1n) is 8.63. The van der Waals surface area contributed by atoms with Crippen molar-refractivity contribution in [2.24, 2.45) is 0 Å². The Morgan fingerprint density at radius 3 is 2.68 bits per heavy atom. The number of hydrogen-bond acceptors (Lipinski definition) is 7. The van der Waals surface area contributed by atoms with Gasteiger partial charge in [0.15, 0.2) is 5.78 Å². The minimum Gasteiger partial charge on any atom is -0.492 e. The number of tetrazole rings is 1. The first-order valence-corrected chi connectivity index (χ1v) is 9.62.